The molecule has 4 rings (SSSR count). The van der Waals surface area contributed by atoms with Crippen LogP contribution in [0.4, 0.5) is 5.82 Å². The van der Waals surface area contributed by atoms with Crippen molar-refractivity contribution in [3.63, 3.8) is 0 Å². The van der Waals surface area contributed by atoms with Crippen LogP contribution in [0.15, 0.2) is 72.8 Å². The standard InChI is InChI=1S/C22H18ClN3O/c1-27-18-10-7-16(8-11-18)21-25-20-13-17(23)9-12-19(20)22(26-21)24-14-15-5-3-2-4-6-15/h2-13H,14H2,1H3,(H,24,25,26). The highest BCUT2D eigenvalue weighted by atomic mass is 35.5. The Balaban J connectivity index is 1.75. The van der Waals surface area contributed by atoms with E-state index in [4.69, 9.17) is 26.3 Å². The Morgan fingerprint density at radius 1 is 0.926 bits per heavy atom. The van der Waals surface area contributed by atoms with E-state index in [9.17, 15) is 0 Å². The molecule has 0 radical (unpaired) electrons. The highest BCUT2D eigenvalue weighted by Crippen LogP contribution is 2.28. The summed E-state index contributed by atoms with van der Waals surface area (Å²) in [6, 6.07) is 23.6. The molecule has 0 aliphatic heterocycles. The number of aromatic nitrogens is 2. The number of benzene rings is 3. The minimum atomic E-state index is 0.642. The van der Waals surface area contributed by atoms with Crippen LogP contribution in [0.25, 0.3) is 22.3 Å². The SMILES string of the molecule is COc1ccc(-c2nc(NCc3ccccc3)c3ccc(Cl)cc3n2)cc1. The van der Waals surface area contributed by atoms with Crippen LogP contribution < -0.4 is 10.1 Å². The molecule has 134 valence electrons. The lowest BCUT2D eigenvalue weighted by Crippen LogP contribution is -2.04. The lowest BCUT2D eigenvalue weighted by molar-refractivity contribution is 0.415. The summed E-state index contributed by atoms with van der Waals surface area (Å²) in [4.78, 5) is 9.47. The van der Waals surface area contributed by atoms with E-state index >= 15 is 0 Å². The Kier molecular flexibility index (Phi) is 4.90. The van der Waals surface area contributed by atoms with Crippen LogP contribution >= 0.6 is 11.6 Å². The Labute approximate surface area is 162 Å². The number of fused-ring (bicyclic) bond motifs is 1. The predicted octanol–water partition coefficient (Wildman–Crippen LogP) is 5.57. The zero-order valence-electron chi connectivity index (χ0n) is 14.8. The number of rotatable bonds is 5. The van der Waals surface area contributed by atoms with Crippen molar-refractivity contribution >= 4 is 28.3 Å². The van der Waals surface area contributed by atoms with Gasteiger partial charge >= 0.3 is 0 Å². The van der Waals surface area contributed by atoms with Gasteiger partial charge in [0.05, 0.1) is 12.6 Å². The summed E-state index contributed by atoms with van der Waals surface area (Å²) in [6.07, 6.45) is 0. The van der Waals surface area contributed by atoms with Crippen molar-refractivity contribution in [3.8, 4) is 17.1 Å². The van der Waals surface area contributed by atoms with Gasteiger partial charge in [-0.3, -0.25) is 0 Å². The van der Waals surface area contributed by atoms with Gasteiger partial charge in [-0.25, -0.2) is 9.97 Å². The second-order valence-electron chi connectivity index (χ2n) is 6.12. The van der Waals surface area contributed by atoms with E-state index in [1.165, 1.54) is 5.56 Å². The minimum Gasteiger partial charge on any atom is -0.497 e. The molecule has 5 heteroatoms. The van der Waals surface area contributed by atoms with E-state index in [1.807, 2.05) is 60.7 Å². The lowest BCUT2D eigenvalue weighted by Gasteiger charge is -2.12. The third-order valence-corrected chi connectivity index (χ3v) is 4.55. The largest absolute Gasteiger partial charge is 0.497 e. The Bertz CT molecular complexity index is 1070. The Morgan fingerprint density at radius 2 is 1.70 bits per heavy atom. The maximum Gasteiger partial charge on any atom is 0.162 e. The number of hydrogen-bond acceptors (Lipinski definition) is 4. The number of anilines is 1. The molecule has 0 bridgehead atoms. The van der Waals surface area contributed by atoms with Crippen LogP contribution in [-0.2, 0) is 6.54 Å². The van der Waals surface area contributed by atoms with Gasteiger partial charge in [0.15, 0.2) is 5.82 Å². The second-order valence-corrected chi connectivity index (χ2v) is 6.56. The highest BCUT2D eigenvalue weighted by molar-refractivity contribution is 6.31. The van der Waals surface area contributed by atoms with Gasteiger partial charge in [-0.1, -0.05) is 41.9 Å². The molecule has 0 aliphatic rings. The molecular formula is C22H18ClN3O. The quantitative estimate of drug-likeness (QED) is 0.495. The van der Waals surface area contributed by atoms with Crippen LogP contribution in [0.3, 0.4) is 0 Å². The fourth-order valence-electron chi connectivity index (χ4n) is 2.89. The summed E-state index contributed by atoms with van der Waals surface area (Å²) in [5, 5.41) is 5.02. The zero-order valence-corrected chi connectivity index (χ0v) is 15.6. The van der Waals surface area contributed by atoms with E-state index in [1.54, 1.807) is 7.11 Å². The van der Waals surface area contributed by atoms with Crippen LogP contribution in [-0.4, -0.2) is 17.1 Å². The zero-order chi connectivity index (χ0) is 18.6. The van der Waals surface area contributed by atoms with Crippen molar-refractivity contribution in [2.24, 2.45) is 0 Å². The fourth-order valence-corrected chi connectivity index (χ4v) is 3.05. The average molecular weight is 376 g/mol. The summed E-state index contributed by atoms with van der Waals surface area (Å²) in [5.41, 5.74) is 2.91. The molecule has 0 saturated heterocycles. The molecule has 1 heterocycles. The first-order chi connectivity index (χ1) is 13.2. The first kappa shape index (κ1) is 17.3. The minimum absolute atomic E-state index is 0.642. The summed E-state index contributed by atoms with van der Waals surface area (Å²) in [5.74, 6) is 2.22. The van der Waals surface area contributed by atoms with Crippen LogP contribution in [0, 0.1) is 0 Å². The number of hydrogen-bond donors (Lipinski definition) is 1. The summed E-state index contributed by atoms with van der Waals surface area (Å²) in [6.45, 7) is 0.678. The summed E-state index contributed by atoms with van der Waals surface area (Å²) in [7, 11) is 1.65. The number of ether oxygens (including phenoxy) is 1. The molecule has 1 aromatic heterocycles. The van der Waals surface area contributed by atoms with Gasteiger partial charge < -0.3 is 10.1 Å². The second kappa shape index (κ2) is 7.64. The van der Waals surface area contributed by atoms with Crippen molar-refractivity contribution in [2.75, 3.05) is 12.4 Å². The number of nitrogens with one attached hydrogen (secondary N) is 1. The predicted molar refractivity (Wildman–Crippen MR) is 110 cm³/mol. The van der Waals surface area contributed by atoms with Crippen molar-refractivity contribution in [1.82, 2.24) is 9.97 Å². The molecule has 0 fully saturated rings. The third kappa shape index (κ3) is 3.86. The van der Waals surface area contributed by atoms with Gasteiger partial charge in [-0.15, -0.1) is 0 Å². The van der Waals surface area contributed by atoms with E-state index in [-0.39, 0.29) is 0 Å². The number of halogens is 1. The Morgan fingerprint density at radius 3 is 2.44 bits per heavy atom. The molecule has 27 heavy (non-hydrogen) atoms. The number of methoxy groups -OCH3 is 1. The van der Waals surface area contributed by atoms with Crippen molar-refractivity contribution in [2.45, 2.75) is 6.54 Å². The van der Waals surface area contributed by atoms with Gasteiger partial charge in [0.25, 0.3) is 0 Å². The van der Waals surface area contributed by atoms with Crippen molar-refractivity contribution < 1.29 is 4.74 Å². The number of nitrogens with zero attached hydrogens (tertiary/aromatic N) is 2. The first-order valence-corrected chi connectivity index (χ1v) is 9.00. The van der Waals surface area contributed by atoms with Crippen LogP contribution in [0.1, 0.15) is 5.56 Å². The molecule has 0 unspecified atom stereocenters. The summed E-state index contributed by atoms with van der Waals surface area (Å²) >= 11 is 6.18. The molecular weight excluding hydrogens is 358 g/mol. The summed E-state index contributed by atoms with van der Waals surface area (Å²) < 4.78 is 5.23. The van der Waals surface area contributed by atoms with Crippen molar-refractivity contribution in [1.29, 1.82) is 0 Å². The Hall–Kier alpha value is -3.11. The lowest BCUT2D eigenvalue weighted by atomic mass is 10.1. The molecule has 1 N–H and O–H groups in total. The van der Waals surface area contributed by atoms with E-state index in [2.05, 4.69) is 17.4 Å². The molecule has 0 aliphatic carbocycles. The molecule has 4 nitrogen and oxygen atoms in total. The van der Waals surface area contributed by atoms with E-state index in [0.29, 0.717) is 17.4 Å². The van der Waals surface area contributed by atoms with E-state index in [0.717, 1.165) is 28.0 Å². The van der Waals surface area contributed by atoms with Gasteiger partial charge in [0.2, 0.25) is 0 Å². The van der Waals surface area contributed by atoms with Crippen LogP contribution in [0.2, 0.25) is 5.02 Å². The molecule has 4 aromatic rings. The smallest absolute Gasteiger partial charge is 0.162 e. The van der Waals surface area contributed by atoms with Crippen molar-refractivity contribution in [3.05, 3.63) is 83.4 Å². The molecule has 0 amide bonds. The topological polar surface area (TPSA) is 47.0 Å². The fraction of sp³-hybridized carbons (Fsp3) is 0.0909. The van der Waals surface area contributed by atoms with Gasteiger partial charge in [0.1, 0.15) is 11.6 Å². The highest BCUT2D eigenvalue weighted by Gasteiger charge is 2.10. The van der Waals surface area contributed by atoms with E-state index < -0.39 is 0 Å². The first-order valence-electron chi connectivity index (χ1n) is 8.62. The maximum atomic E-state index is 6.18. The molecule has 0 spiro atoms. The van der Waals surface area contributed by atoms with Gasteiger partial charge in [-0.2, -0.15) is 0 Å². The molecule has 3 aromatic carbocycles. The molecule has 0 saturated carbocycles. The maximum absolute atomic E-state index is 6.18. The third-order valence-electron chi connectivity index (χ3n) is 4.31. The van der Waals surface area contributed by atoms with Crippen LogP contribution in [0.5, 0.6) is 5.75 Å². The average Bonchev–Trinajstić information content (AvgIpc) is 2.72. The molecule has 0 atom stereocenters. The van der Waals surface area contributed by atoms with Gasteiger partial charge in [0, 0.05) is 22.5 Å². The normalized spacial score (nSPS) is 10.7. The monoisotopic (exact) mass is 375 g/mol. The van der Waals surface area contributed by atoms with Gasteiger partial charge in [-0.05, 0) is 48.0 Å².